The summed E-state index contributed by atoms with van der Waals surface area (Å²) in [4.78, 5) is 11.2. The van der Waals surface area contributed by atoms with E-state index in [0.29, 0.717) is 18.4 Å². The molecule has 0 aromatic rings. The Bertz CT molecular complexity index is 278. The van der Waals surface area contributed by atoms with Crippen molar-refractivity contribution in [2.75, 3.05) is 20.3 Å². The monoisotopic (exact) mass is 241 g/mol. The number of esters is 1. The predicted octanol–water partition coefficient (Wildman–Crippen LogP) is 1.36. The van der Waals surface area contributed by atoms with E-state index in [4.69, 9.17) is 9.47 Å². The molecule has 4 atom stereocenters. The van der Waals surface area contributed by atoms with Gasteiger partial charge in [0.25, 0.3) is 0 Å². The summed E-state index contributed by atoms with van der Waals surface area (Å²) in [5.74, 6) is 0.547. The molecular weight excluding hydrogens is 218 g/mol. The molecule has 0 saturated carbocycles. The highest BCUT2D eigenvalue weighted by Gasteiger charge is 2.33. The number of piperidine rings is 1. The SMILES string of the molecule is CCOC(=O)/C=C/C1NCC(C)C(OC)C1C. The maximum absolute atomic E-state index is 11.2. The lowest BCUT2D eigenvalue weighted by molar-refractivity contribution is -0.137. The van der Waals surface area contributed by atoms with Crippen molar-refractivity contribution in [2.45, 2.75) is 32.9 Å². The zero-order valence-corrected chi connectivity index (χ0v) is 11.1. The number of carbonyl (C=O) groups excluding carboxylic acids is 1. The summed E-state index contributed by atoms with van der Waals surface area (Å²) in [6, 6.07) is 0.167. The van der Waals surface area contributed by atoms with Gasteiger partial charge in [0.2, 0.25) is 0 Å². The molecule has 0 spiro atoms. The van der Waals surface area contributed by atoms with Crippen LogP contribution in [-0.2, 0) is 14.3 Å². The minimum atomic E-state index is -0.283. The summed E-state index contributed by atoms with van der Waals surface area (Å²) in [6.45, 7) is 7.42. The first-order valence-electron chi connectivity index (χ1n) is 6.21. The van der Waals surface area contributed by atoms with E-state index in [-0.39, 0.29) is 18.1 Å². The molecule has 0 amide bonds. The molecule has 1 saturated heterocycles. The fourth-order valence-electron chi connectivity index (χ4n) is 2.41. The van der Waals surface area contributed by atoms with E-state index in [1.807, 2.05) is 6.08 Å². The first-order chi connectivity index (χ1) is 8.10. The van der Waals surface area contributed by atoms with Crippen molar-refractivity contribution in [1.82, 2.24) is 5.32 Å². The maximum Gasteiger partial charge on any atom is 0.330 e. The van der Waals surface area contributed by atoms with Gasteiger partial charge in [-0.2, -0.15) is 0 Å². The number of hydrogen-bond donors (Lipinski definition) is 1. The highest BCUT2D eigenvalue weighted by molar-refractivity contribution is 5.82. The second-order valence-electron chi connectivity index (χ2n) is 4.58. The van der Waals surface area contributed by atoms with Crippen LogP contribution in [0.2, 0.25) is 0 Å². The van der Waals surface area contributed by atoms with Crippen molar-refractivity contribution in [3.8, 4) is 0 Å². The number of carbonyl (C=O) groups is 1. The highest BCUT2D eigenvalue weighted by Crippen LogP contribution is 2.24. The molecule has 1 N–H and O–H groups in total. The smallest absolute Gasteiger partial charge is 0.330 e. The van der Waals surface area contributed by atoms with Gasteiger partial charge in [-0.1, -0.05) is 19.9 Å². The van der Waals surface area contributed by atoms with Crippen molar-refractivity contribution in [3.63, 3.8) is 0 Å². The van der Waals surface area contributed by atoms with Crippen LogP contribution in [-0.4, -0.2) is 38.4 Å². The largest absolute Gasteiger partial charge is 0.463 e. The number of methoxy groups -OCH3 is 1. The zero-order valence-electron chi connectivity index (χ0n) is 11.1. The Hall–Kier alpha value is -0.870. The Labute approximate surface area is 103 Å². The van der Waals surface area contributed by atoms with E-state index < -0.39 is 0 Å². The summed E-state index contributed by atoms with van der Waals surface area (Å²) in [6.07, 6.45) is 3.61. The van der Waals surface area contributed by atoms with Gasteiger partial charge in [-0.25, -0.2) is 4.79 Å². The normalized spacial score (nSPS) is 33.9. The van der Waals surface area contributed by atoms with Gasteiger partial charge in [-0.15, -0.1) is 0 Å². The predicted molar refractivity (Wildman–Crippen MR) is 66.7 cm³/mol. The molecule has 1 fully saturated rings. The van der Waals surface area contributed by atoms with E-state index in [1.54, 1.807) is 14.0 Å². The van der Waals surface area contributed by atoms with Gasteiger partial charge in [0.15, 0.2) is 0 Å². The Kier molecular flexibility index (Phi) is 5.65. The van der Waals surface area contributed by atoms with Gasteiger partial charge < -0.3 is 14.8 Å². The second kappa shape index (κ2) is 6.77. The quantitative estimate of drug-likeness (QED) is 0.596. The lowest BCUT2D eigenvalue weighted by Crippen LogP contribution is -2.51. The fourth-order valence-corrected chi connectivity index (χ4v) is 2.41. The van der Waals surface area contributed by atoms with Crippen molar-refractivity contribution in [2.24, 2.45) is 11.8 Å². The zero-order chi connectivity index (χ0) is 12.8. The number of rotatable bonds is 4. The first-order valence-corrected chi connectivity index (χ1v) is 6.21. The van der Waals surface area contributed by atoms with Crippen molar-refractivity contribution < 1.29 is 14.3 Å². The average Bonchev–Trinajstić information content (AvgIpc) is 2.29. The van der Waals surface area contributed by atoms with Crippen molar-refractivity contribution in [1.29, 1.82) is 0 Å². The molecule has 0 bridgehead atoms. The van der Waals surface area contributed by atoms with Crippen LogP contribution >= 0.6 is 0 Å². The van der Waals surface area contributed by atoms with Crippen molar-refractivity contribution >= 4 is 5.97 Å². The van der Waals surface area contributed by atoms with Gasteiger partial charge in [-0.05, 0) is 12.8 Å². The molecule has 1 heterocycles. The summed E-state index contributed by atoms with van der Waals surface area (Å²) in [7, 11) is 1.75. The standard InChI is InChI=1S/C13H23NO3/c1-5-17-12(15)7-6-11-10(3)13(16-4)9(2)8-14-11/h6-7,9-11,13-14H,5,8H2,1-4H3/b7-6+. The summed E-state index contributed by atoms with van der Waals surface area (Å²) < 4.78 is 10.4. The summed E-state index contributed by atoms with van der Waals surface area (Å²) >= 11 is 0. The minimum absolute atomic E-state index is 0.167. The lowest BCUT2D eigenvalue weighted by atomic mass is 9.83. The van der Waals surface area contributed by atoms with E-state index in [0.717, 1.165) is 6.54 Å². The second-order valence-corrected chi connectivity index (χ2v) is 4.58. The van der Waals surface area contributed by atoms with Gasteiger partial charge in [0.05, 0.1) is 12.7 Å². The topological polar surface area (TPSA) is 47.6 Å². The Morgan fingerprint density at radius 2 is 2.18 bits per heavy atom. The van der Waals surface area contributed by atoms with Gasteiger partial charge >= 0.3 is 5.97 Å². The lowest BCUT2D eigenvalue weighted by Gasteiger charge is -2.39. The molecule has 1 aliphatic rings. The maximum atomic E-state index is 11.2. The average molecular weight is 241 g/mol. The Morgan fingerprint density at radius 1 is 1.47 bits per heavy atom. The number of ether oxygens (including phenoxy) is 2. The Balaban J connectivity index is 2.57. The van der Waals surface area contributed by atoms with Crippen LogP contribution in [0.15, 0.2) is 12.2 Å². The van der Waals surface area contributed by atoms with Crippen LogP contribution in [0.5, 0.6) is 0 Å². The summed E-state index contributed by atoms with van der Waals surface area (Å²) in [5, 5.41) is 3.41. The van der Waals surface area contributed by atoms with Crippen LogP contribution in [0, 0.1) is 11.8 Å². The highest BCUT2D eigenvalue weighted by atomic mass is 16.5. The van der Waals surface area contributed by atoms with Crippen LogP contribution in [0.4, 0.5) is 0 Å². The third kappa shape index (κ3) is 3.82. The van der Waals surface area contributed by atoms with Gasteiger partial charge in [0.1, 0.15) is 0 Å². The molecule has 0 aromatic heterocycles. The van der Waals surface area contributed by atoms with Crippen LogP contribution < -0.4 is 5.32 Å². The van der Waals surface area contributed by atoms with E-state index in [9.17, 15) is 4.79 Å². The molecule has 4 nitrogen and oxygen atoms in total. The third-order valence-corrected chi connectivity index (χ3v) is 3.32. The van der Waals surface area contributed by atoms with Crippen molar-refractivity contribution in [3.05, 3.63) is 12.2 Å². The third-order valence-electron chi connectivity index (χ3n) is 3.32. The van der Waals surface area contributed by atoms with Crippen LogP contribution in [0.3, 0.4) is 0 Å². The van der Waals surface area contributed by atoms with Crippen LogP contribution in [0.25, 0.3) is 0 Å². The van der Waals surface area contributed by atoms with E-state index >= 15 is 0 Å². The van der Waals surface area contributed by atoms with Gasteiger partial charge in [0, 0.05) is 31.7 Å². The molecule has 0 aliphatic carbocycles. The molecule has 17 heavy (non-hydrogen) atoms. The Morgan fingerprint density at radius 3 is 2.76 bits per heavy atom. The molecule has 0 radical (unpaired) electrons. The molecule has 4 unspecified atom stereocenters. The molecule has 1 aliphatic heterocycles. The van der Waals surface area contributed by atoms with E-state index in [1.165, 1.54) is 6.08 Å². The van der Waals surface area contributed by atoms with E-state index in [2.05, 4.69) is 19.2 Å². The minimum Gasteiger partial charge on any atom is -0.463 e. The molecule has 1 rings (SSSR count). The molecule has 0 aromatic carbocycles. The number of nitrogens with one attached hydrogen (secondary N) is 1. The molecule has 4 heteroatoms. The number of hydrogen-bond acceptors (Lipinski definition) is 4. The van der Waals surface area contributed by atoms with Crippen LogP contribution in [0.1, 0.15) is 20.8 Å². The summed E-state index contributed by atoms with van der Waals surface area (Å²) in [5.41, 5.74) is 0. The first kappa shape index (κ1) is 14.2. The fraction of sp³-hybridized carbons (Fsp3) is 0.769. The molecule has 98 valence electrons. The van der Waals surface area contributed by atoms with Gasteiger partial charge in [-0.3, -0.25) is 0 Å². The molecular formula is C13H23NO3.